The van der Waals surface area contributed by atoms with Gasteiger partial charge in [0, 0.05) is 22.8 Å². The van der Waals surface area contributed by atoms with Gasteiger partial charge in [0.15, 0.2) is 0 Å². The van der Waals surface area contributed by atoms with E-state index in [2.05, 4.69) is 10.0 Å². The van der Waals surface area contributed by atoms with E-state index in [0.29, 0.717) is 16.1 Å². The molecule has 3 aromatic carbocycles. The molecule has 0 aromatic heterocycles. The molecule has 0 heterocycles. The van der Waals surface area contributed by atoms with Crippen LogP contribution in [0, 0.1) is 10.1 Å². The molecule has 3 aromatic rings. The molecule has 1 amide bonds. The van der Waals surface area contributed by atoms with E-state index < -0.39 is 38.2 Å². The Balaban J connectivity index is 1.86. The van der Waals surface area contributed by atoms with E-state index in [0.717, 1.165) is 6.07 Å². The van der Waals surface area contributed by atoms with Gasteiger partial charge < -0.3 is 10.1 Å². The van der Waals surface area contributed by atoms with Gasteiger partial charge in [-0.2, -0.15) is 0 Å². The Hall–Kier alpha value is -3.67. The molecule has 200 valence electrons. The lowest BCUT2D eigenvalue weighted by Gasteiger charge is -2.21. The van der Waals surface area contributed by atoms with Gasteiger partial charge in [-0.1, -0.05) is 41.9 Å². The molecular weight excluding hydrogens is 557 g/mol. The Kier molecular flexibility index (Phi) is 9.67. The molecule has 3 rings (SSSR count). The molecule has 0 aliphatic rings. The highest BCUT2D eigenvalue weighted by Gasteiger charge is 2.25. The van der Waals surface area contributed by atoms with E-state index >= 15 is 0 Å². The smallest absolute Gasteiger partial charge is 0.308 e. The second kappa shape index (κ2) is 12.7. The molecule has 0 radical (unpaired) electrons. The number of esters is 1. The van der Waals surface area contributed by atoms with Crippen molar-refractivity contribution in [2.45, 2.75) is 29.7 Å². The van der Waals surface area contributed by atoms with Gasteiger partial charge >= 0.3 is 5.97 Å². The van der Waals surface area contributed by atoms with E-state index in [1.54, 1.807) is 37.3 Å². The molecule has 0 fully saturated rings. The van der Waals surface area contributed by atoms with Crippen LogP contribution in [0.5, 0.6) is 0 Å². The number of non-ortho nitro benzene ring substituents is 1. The number of carbonyl (C=O) groups excluding carboxylic acids is 2. The number of benzene rings is 3. The fourth-order valence-electron chi connectivity index (χ4n) is 3.46. The minimum atomic E-state index is -4.18. The predicted molar refractivity (Wildman–Crippen MR) is 143 cm³/mol. The summed E-state index contributed by atoms with van der Waals surface area (Å²) in [4.78, 5) is 35.3. The molecular formula is C25H23Cl2N3O7S. The summed E-state index contributed by atoms with van der Waals surface area (Å²) in [7, 11) is -4.18. The van der Waals surface area contributed by atoms with Crippen molar-refractivity contribution in [3.05, 3.63) is 99.1 Å². The van der Waals surface area contributed by atoms with Crippen LogP contribution in [-0.4, -0.2) is 31.8 Å². The van der Waals surface area contributed by atoms with Gasteiger partial charge in [-0.05, 0) is 48.4 Å². The monoisotopic (exact) mass is 579 g/mol. The molecule has 0 aliphatic heterocycles. The highest BCUT2D eigenvalue weighted by Crippen LogP contribution is 2.27. The first-order valence-electron chi connectivity index (χ1n) is 11.2. The van der Waals surface area contributed by atoms with Crippen molar-refractivity contribution in [1.29, 1.82) is 0 Å². The van der Waals surface area contributed by atoms with Crippen molar-refractivity contribution in [3.8, 4) is 0 Å². The van der Waals surface area contributed by atoms with Gasteiger partial charge in [0.05, 0.1) is 28.9 Å². The number of halogens is 2. The average molecular weight is 580 g/mol. The fourth-order valence-corrected chi connectivity index (χ4v) is 4.89. The Morgan fingerprint density at radius 3 is 2.37 bits per heavy atom. The number of alkyl halides is 1. The van der Waals surface area contributed by atoms with Crippen LogP contribution < -0.4 is 10.0 Å². The number of nitro benzene ring substituents is 1. The summed E-state index contributed by atoms with van der Waals surface area (Å²) in [5.74, 6) is -1.18. The Labute approximate surface area is 229 Å². The molecule has 0 saturated heterocycles. The Bertz CT molecular complexity index is 1430. The number of hydrogen-bond donors (Lipinski definition) is 2. The molecule has 38 heavy (non-hydrogen) atoms. The van der Waals surface area contributed by atoms with Crippen molar-refractivity contribution in [3.63, 3.8) is 0 Å². The molecule has 0 aliphatic carbocycles. The molecule has 0 saturated carbocycles. The zero-order valence-electron chi connectivity index (χ0n) is 20.0. The third-order valence-electron chi connectivity index (χ3n) is 5.27. The summed E-state index contributed by atoms with van der Waals surface area (Å²) in [6.45, 7) is 1.77. The van der Waals surface area contributed by atoms with Crippen molar-refractivity contribution in [2.75, 3.05) is 11.3 Å². The number of nitrogens with zero attached hydrogens (tertiary/aromatic N) is 1. The lowest BCUT2D eigenvalue weighted by molar-refractivity contribution is -0.385. The van der Waals surface area contributed by atoms with Crippen LogP contribution in [0.2, 0.25) is 5.02 Å². The second-order valence-electron chi connectivity index (χ2n) is 7.97. The van der Waals surface area contributed by atoms with Gasteiger partial charge in [-0.15, -0.1) is 11.6 Å². The highest BCUT2D eigenvalue weighted by molar-refractivity contribution is 7.92. The van der Waals surface area contributed by atoms with E-state index in [1.165, 1.54) is 36.4 Å². The van der Waals surface area contributed by atoms with Crippen molar-refractivity contribution >= 4 is 56.5 Å². The van der Waals surface area contributed by atoms with Gasteiger partial charge in [0.2, 0.25) is 5.91 Å². The van der Waals surface area contributed by atoms with E-state index in [-0.39, 0.29) is 29.3 Å². The maximum Gasteiger partial charge on any atom is 0.308 e. The zero-order chi connectivity index (χ0) is 27.9. The largest absolute Gasteiger partial charge is 0.466 e. The van der Waals surface area contributed by atoms with Crippen LogP contribution in [0.4, 0.5) is 11.4 Å². The predicted octanol–water partition coefficient (Wildman–Crippen LogP) is 5.14. The quantitative estimate of drug-likeness (QED) is 0.138. The summed E-state index contributed by atoms with van der Waals surface area (Å²) in [6, 6.07) is 16.1. The molecule has 2 unspecified atom stereocenters. The van der Waals surface area contributed by atoms with Crippen LogP contribution in [-0.2, 0) is 24.3 Å². The third-order valence-corrected chi connectivity index (χ3v) is 7.35. The summed E-state index contributed by atoms with van der Waals surface area (Å²) < 4.78 is 33.1. The highest BCUT2D eigenvalue weighted by atomic mass is 35.5. The maximum absolute atomic E-state index is 12.9. The fraction of sp³-hybridized carbons (Fsp3) is 0.200. The van der Waals surface area contributed by atoms with E-state index in [1.807, 2.05) is 0 Å². The Morgan fingerprint density at radius 2 is 1.71 bits per heavy atom. The first-order valence-corrected chi connectivity index (χ1v) is 13.5. The van der Waals surface area contributed by atoms with Gasteiger partial charge in [-0.3, -0.25) is 24.4 Å². The van der Waals surface area contributed by atoms with Crippen molar-refractivity contribution in [1.82, 2.24) is 5.32 Å². The molecule has 13 heteroatoms. The second-order valence-corrected chi connectivity index (χ2v) is 10.5. The minimum Gasteiger partial charge on any atom is -0.466 e. The number of amides is 1. The average Bonchev–Trinajstić information content (AvgIpc) is 2.88. The Morgan fingerprint density at radius 1 is 1.03 bits per heavy atom. The normalized spacial score (nSPS) is 12.7. The number of anilines is 1. The number of nitro groups is 1. The lowest BCUT2D eigenvalue weighted by atomic mass is 10.0. The zero-order valence-corrected chi connectivity index (χ0v) is 22.3. The van der Waals surface area contributed by atoms with Crippen LogP contribution in [0.3, 0.4) is 0 Å². The van der Waals surface area contributed by atoms with Crippen LogP contribution >= 0.6 is 23.2 Å². The van der Waals surface area contributed by atoms with E-state index in [4.69, 9.17) is 27.9 Å². The standard InChI is InChI=1S/C25H23Cl2N3O7S/c1-2-37-23(31)15-22(28-25(32)24(27)16-9-11-18(26)12-10-16)17-5-3-6-19(13-17)29-38(35,36)21-8-4-7-20(14-21)30(33)34/h3-14,22,24,29H,2,15H2,1H3,(H,28,32). The van der Waals surface area contributed by atoms with Gasteiger partial charge in [-0.25, -0.2) is 8.42 Å². The van der Waals surface area contributed by atoms with Gasteiger partial charge in [0.1, 0.15) is 5.38 Å². The van der Waals surface area contributed by atoms with Crippen LogP contribution in [0.25, 0.3) is 0 Å². The first-order chi connectivity index (χ1) is 18.0. The van der Waals surface area contributed by atoms with Crippen molar-refractivity contribution in [2.24, 2.45) is 0 Å². The van der Waals surface area contributed by atoms with E-state index in [9.17, 15) is 28.1 Å². The number of sulfonamides is 1. The number of ether oxygens (including phenoxy) is 1. The van der Waals surface area contributed by atoms with Crippen LogP contribution in [0.15, 0.2) is 77.7 Å². The van der Waals surface area contributed by atoms with Crippen molar-refractivity contribution < 1.29 is 27.7 Å². The summed E-state index contributed by atoms with van der Waals surface area (Å²) >= 11 is 12.2. The summed E-state index contributed by atoms with van der Waals surface area (Å²) in [5.41, 5.74) is 0.611. The molecule has 0 bridgehead atoms. The topological polar surface area (TPSA) is 145 Å². The minimum absolute atomic E-state index is 0.109. The van der Waals surface area contributed by atoms with Crippen LogP contribution in [0.1, 0.15) is 35.9 Å². The number of nitrogens with one attached hydrogen (secondary N) is 2. The first kappa shape index (κ1) is 28.9. The van der Waals surface area contributed by atoms with Gasteiger partial charge in [0.25, 0.3) is 15.7 Å². The molecule has 0 spiro atoms. The molecule has 10 nitrogen and oxygen atoms in total. The number of carbonyl (C=O) groups is 2. The SMILES string of the molecule is CCOC(=O)CC(NC(=O)C(Cl)c1ccc(Cl)cc1)c1cccc(NS(=O)(=O)c2cccc([N+](=O)[O-])c2)c1. The lowest BCUT2D eigenvalue weighted by Crippen LogP contribution is -2.33. The number of hydrogen-bond acceptors (Lipinski definition) is 7. The summed E-state index contributed by atoms with van der Waals surface area (Å²) in [5, 5.41) is 13.1. The third kappa shape index (κ3) is 7.67. The maximum atomic E-state index is 12.9. The molecule has 2 N–H and O–H groups in total. The number of rotatable bonds is 11. The summed E-state index contributed by atoms with van der Waals surface area (Å²) in [6.07, 6.45) is -0.245. The molecule has 2 atom stereocenters.